The Morgan fingerprint density at radius 2 is 2.33 bits per heavy atom. The van der Waals surface area contributed by atoms with Gasteiger partial charge in [0.2, 0.25) is 0 Å². The largest absolute Gasteiger partial charge is 0.383 e. The van der Waals surface area contributed by atoms with Crippen LogP contribution in [0.1, 0.15) is 31.9 Å². The van der Waals surface area contributed by atoms with E-state index in [1.54, 1.807) is 7.11 Å². The van der Waals surface area contributed by atoms with Crippen LogP contribution in [-0.4, -0.2) is 29.5 Å². The molecule has 0 radical (unpaired) electrons. The molecule has 1 rings (SSSR count). The number of aromatic nitrogens is 2. The van der Waals surface area contributed by atoms with Gasteiger partial charge in [-0.2, -0.15) is 5.10 Å². The SMILES string of the molecule is CC[C@@H](COC)N[C@@H](C)c1cnn(C)c1. The number of nitrogens with one attached hydrogen (secondary N) is 1. The molecule has 0 aliphatic rings. The molecule has 0 aliphatic heterocycles. The summed E-state index contributed by atoms with van der Waals surface area (Å²) in [6.45, 7) is 5.06. The van der Waals surface area contributed by atoms with Crippen molar-refractivity contribution >= 4 is 0 Å². The van der Waals surface area contributed by atoms with Crippen molar-refractivity contribution in [2.45, 2.75) is 32.4 Å². The molecule has 0 amide bonds. The molecule has 1 N–H and O–H groups in total. The molecule has 1 aromatic heterocycles. The molecule has 0 aromatic carbocycles. The van der Waals surface area contributed by atoms with Crippen LogP contribution in [0.25, 0.3) is 0 Å². The molecule has 1 aromatic rings. The topological polar surface area (TPSA) is 39.1 Å². The third-order valence-electron chi connectivity index (χ3n) is 2.57. The fourth-order valence-electron chi connectivity index (χ4n) is 1.60. The van der Waals surface area contributed by atoms with E-state index in [4.69, 9.17) is 4.74 Å². The average molecular weight is 211 g/mol. The second-order valence-corrected chi connectivity index (χ2v) is 3.90. The molecule has 0 unspecified atom stereocenters. The predicted molar refractivity (Wildman–Crippen MR) is 60.7 cm³/mol. The van der Waals surface area contributed by atoms with Crippen LogP contribution in [0, 0.1) is 0 Å². The minimum atomic E-state index is 0.318. The van der Waals surface area contributed by atoms with Gasteiger partial charge in [-0.1, -0.05) is 6.92 Å². The minimum Gasteiger partial charge on any atom is -0.383 e. The highest BCUT2D eigenvalue weighted by molar-refractivity contribution is 5.09. The summed E-state index contributed by atoms with van der Waals surface area (Å²) in [5.74, 6) is 0. The lowest BCUT2D eigenvalue weighted by Crippen LogP contribution is -2.34. The molecular formula is C11H21N3O. The van der Waals surface area contributed by atoms with Crippen molar-refractivity contribution < 1.29 is 4.74 Å². The van der Waals surface area contributed by atoms with E-state index in [-0.39, 0.29) is 0 Å². The zero-order valence-corrected chi connectivity index (χ0v) is 10.0. The number of aryl methyl sites for hydroxylation is 1. The summed E-state index contributed by atoms with van der Waals surface area (Å²) in [7, 11) is 3.67. The Kier molecular flexibility index (Phi) is 4.78. The van der Waals surface area contributed by atoms with Crippen LogP contribution in [0.15, 0.2) is 12.4 Å². The molecule has 2 atom stereocenters. The maximum absolute atomic E-state index is 5.15. The zero-order chi connectivity index (χ0) is 11.3. The van der Waals surface area contributed by atoms with E-state index in [0.717, 1.165) is 13.0 Å². The first-order valence-corrected chi connectivity index (χ1v) is 5.40. The van der Waals surface area contributed by atoms with Gasteiger partial charge in [-0.25, -0.2) is 0 Å². The minimum absolute atomic E-state index is 0.318. The van der Waals surface area contributed by atoms with E-state index in [9.17, 15) is 0 Å². The molecule has 0 saturated carbocycles. The monoisotopic (exact) mass is 211 g/mol. The fraction of sp³-hybridized carbons (Fsp3) is 0.727. The molecule has 4 nitrogen and oxygen atoms in total. The molecule has 0 fully saturated rings. The summed E-state index contributed by atoms with van der Waals surface area (Å²) in [5, 5.41) is 7.68. The van der Waals surface area contributed by atoms with Crippen LogP contribution in [0.5, 0.6) is 0 Å². The Morgan fingerprint density at radius 3 is 2.80 bits per heavy atom. The summed E-state index contributed by atoms with van der Waals surface area (Å²) in [6.07, 6.45) is 5.01. The Morgan fingerprint density at radius 1 is 1.60 bits per heavy atom. The molecule has 1 heterocycles. The van der Waals surface area contributed by atoms with Gasteiger partial charge in [-0.15, -0.1) is 0 Å². The van der Waals surface area contributed by atoms with Crippen molar-refractivity contribution in [2.75, 3.05) is 13.7 Å². The molecule has 15 heavy (non-hydrogen) atoms. The van der Waals surface area contributed by atoms with E-state index in [1.165, 1.54) is 5.56 Å². The summed E-state index contributed by atoms with van der Waals surface area (Å²) < 4.78 is 6.98. The van der Waals surface area contributed by atoms with Gasteiger partial charge in [-0.05, 0) is 13.3 Å². The number of ether oxygens (including phenoxy) is 1. The lowest BCUT2D eigenvalue weighted by Gasteiger charge is -2.20. The summed E-state index contributed by atoms with van der Waals surface area (Å²) in [5.41, 5.74) is 1.21. The molecule has 4 heteroatoms. The van der Waals surface area contributed by atoms with Gasteiger partial charge in [0.15, 0.2) is 0 Å². The third kappa shape index (κ3) is 3.64. The van der Waals surface area contributed by atoms with Gasteiger partial charge in [0.1, 0.15) is 0 Å². The van der Waals surface area contributed by atoms with E-state index >= 15 is 0 Å². The predicted octanol–water partition coefficient (Wildman–Crippen LogP) is 1.50. The first kappa shape index (κ1) is 12.2. The van der Waals surface area contributed by atoms with E-state index in [1.807, 2.05) is 24.1 Å². The van der Waals surface area contributed by atoms with Crippen molar-refractivity contribution in [3.8, 4) is 0 Å². The quantitative estimate of drug-likeness (QED) is 0.775. The van der Waals surface area contributed by atoms with Gasteiger partial charge in [0.05, 0.1) is 12.8 Å². The van der Waals surface area contributed by atoms with Gasteiger partial charge in [0, 0.05) is 38.0 Å². The van der Waals surface area contributed by atoms with Gasteiger partial charge in [0.25, 0.3) is 0 Å². The van der Waals surface area contributed by atoms with Crippen LogP contribution in [0.4, 0.5) is 0 Å². The Hall–Kier alpha value is -0.870. The number of methoxy groups -OCH3 is 1. The standard InChI is InChI=1S/C11H21N3O/c1-5-11(8-15-4)13-9(2)10-6-12-14(3)7-10/h6-7,9,11,13H,5,8H2,1-4H3/t9-,11-/m0/s1. The van der Waals surface area contributed by atoms with Crippen molar-refractivity contribution in [1.29, 1.82) is 0 Å². The lowest BCUT2D eigenvalue weighted by molar-refractivity contribution is 0.159. The van der Waals surface area contributed by atoms with E-state index in [2.05, 4.69) is 24.3 Å². The lowest BCUT2D eigenvalue weighted by atomic mass is 10.1. The maximum atomic E-state index is 5.15. The molecule has 86 valence electrons. The molecule has 0 bridgehead atoms. The van der Waals surface area contributed by atoms with Crippen LogP contribution in [-0.2, 0) is 11.8 Å². The van der Waals surface area contributed by atoms with Crippen molar-refractivity contribution in [3.63, 3.8) is 0 Å². The normalized spacial score (nSPS) is 15.2. The smallest absolute Gasteiger partial charge is 0.0615 e. The maximum Gasteiger partial charge on any atom is 0.0615 e. The highest BCUT2D eigenvalue weighted by atomic mass is 16.5. The second kappa shape index (κ2) is 5.88. The molecular weight excluding hydrogens is 190 g/mol. The van der Waals surface area contributed by atoms with Gasteiger partial charge < -0.3 is 10.1 Å². The third-order valence-corrected chi connectivity index (χ3v) is 2.57. The van der Waals surface area contributed by atoms with Crippen molar-refractivity contribution in [2.24, 2.45) is 7.05 Å². The highest BCUT2D eigenvalue weighted by Crippen LogP contribution is 2.12. The first-order valence-electron chi connectivity index (χ1n) is 5.40. The molecule has 0 aliphatic carbocycles. The first-order chi connectivity index (χ1) is 7.17. The van der Waals surface area contributed by atoms with Gasteiger partial charge >= 0.3 is 0 Å². The van der Waals surface area contributed by atoms with E-state index in [0.29, 0.717) is 12.1 Å². The Balaban J connectivity index is 2.50. The van der Waals surface area contributed by atoms with Crippen LogP contribution in [0.3, 0.4) is 0 Å². The van der Waals surface area contributed by atoms with Gasteiger partial charge in [-0.3, -0.25) is 4.68 Å². The Bertz CT molecular complexity index is 285. The summed E-state index contributed by atoms with van der Waals surface area (Å²) in [6, 6.07) is 0.726. The van der Waals surface area contributed by atoms with Crippen LogP contribution in [0.2, 0.25) is 0 Å². The molecule has 0 spiro atoms. The summed E-state index contributed by atoms with van der Waals surface area (Å²) >= 11 is 0. The number of hydrogen-bond donors (Lipinski definition) is 1. The summed E-state index contributed by atoms with van der Waals surface area (Å²) in [4.78, 5) is 0. The van der Waals surface area contributed by atoms with Crippen LogP contribution < -0.4 is 5.32 Å². The van der Waals surface area contributed by atoms with E-state index < -0.39 is 0 Å². The molecule has 0 saturated heterocycles. The fourth-order valence-corrected chi connectivity index (χ4v) is 1.60. The second-order valence-electron chi connectivity index (χ2n) is 3.90. The average Bonchev–Trinajstić information content (AvgIpc) is 2.64. The van der Waals surface area contributed by atoms with Crippen molar-refractivity contribution in [1.82, 2.24) is 15.1 Å². The number of hydrogen-bond acceptors (Lipinski definition) is 3. The zero-order valence-electron chi connectivity index (χ0n) is 10.0. The Labute approximate surface area is 91.6 Å². The van der Waals surface area contributed by atoms with Crippen molar-refractivity contribution in [3.05, 3.63) is 18.0 Å². The number of rotatable bonds is 6. The van der Waals surface area contributed by atoms with Crippen LogP contribution >= 0.6 is 0 Å². The number of nitrogens with zero attached hydrogens (tertiary/aromatic N) is 2. The highest BCUT2D eigenvalue weighted by Gasteiger charge is 2.12.